The molecule has 5 rings (SSSR count). The molecule has 0 bridgehead atoms. The summed E-state index contributed by atoms with van der Waals surface area (Å²) in [6.45, 7) is 0.0827. The van der Waals surface area contributed by atoms with Crippen molar-refractivity contribution in [2.45, 2.75) is 37.3 Å². The zero-order valence-corrected chi connectivity index (χ0v) is 22.5. The minimum absolute atomic E-state index is 0.0827. The molecule has 207 valence electrons. The Morgan fingerprint density at radius 3 is 2.55 bits per heavy atom. The first-order chi connectivity index (χ1) is 18.9. The van der Waals surface area contributed by atoms with Crippen LogP contribution in [0.15, 0.2) is 53.3 Å². The number of nitrogens with two attached hydrogens (primary N) is 2. The van der Waals surface area contributed by atoms with Gasteiger partial charge in [-0.05, 0) is 6.42 Å². The molecule has 1 amide bonds. The fraction of sp³-hybridized carbons (Fsp3) is 0.367. The Morgan fingerprint density at radius 1 is 1.18 bits per heavy atom. The van der Waals surface area contributed by atoms with Gasteiger partial charge in [-0.2, -0.15) is 0 Å². The van der Waals surface area contributed by atoms with E-state index in [0.29, 0.717) is 24.8 Å². The number of benzene rings is 2. The molecule has 10 heteroatoms. The first kappa shape index (κ1) is 27.8. The number of aliphatic hydroxyl groups excluding tert-OH is 3. The Kier molecular flexibility index (Phi) is 6.98. The zero-order chi connectivity index (χ0) is 29.1. The molecular formula is C30H33BN3O6. The minimum atomic E-state index is -1.40. The normalized spacial score (nSPS) is 26.1. The van der Waals surface area contributed by atoms with E-state index < -0.39 is 35.1 Å². The molecule has 40 heavy (non-hydrogen) atoms. The number of aromatic hydroxyl groups is 1. The number of carbonyl (C=O) groups excluding carboxylic acids is 2. The first-order valence-electron chi connectivity index (χ1n) is 13.3. The maximum atomic E-state index is 14.1. The molecule has 9 nitrogen and oxygen atoms in total. The second-order valence-corrected chi connectivity index (χ2v) is 11.2. The average molecular weight is 542 g/mol. The van der Waals surface area contributed by atoms with E-state index in [1.165, 1.54) is 6.07 Å². The number of aliphatic hydroxyl groups is 3. The van der Waals surface area contributed by atoms with Crippen LogP contribution in [0.5, 0.6) is 5.75 Å². The molecule has 1 saturated carbocycles. The molecule has 0 saturated heterocycles. The molecular weight excluding hydrogens is 509 g/mol. The van der Waals surface area contributed by atoms with Crippen molar-refractivity contribution in [2.75, 3.05) is 20.7 Å². The Labute approximate surface area is 233 Å². The summed E-state index contributed by atoms with van der Waals surface area (Å²) in [5.41, 5.74) is 14.2. The van der Waals surface area contributed by atoms with Crippen LogP contribution >= 0.6 is 0 Å². The number of amides is 1. The molecule has 0 heterocycles. The Bertz CT molecular complexity index is 1510. The van der Waals surface area contributed by atoms with Crippen LogP contribution in [0.2, 0.25) is 0 Å². The number of fused-ring (bicyclic) bond motifs is 3. The van der Waals surface area contributed by atoms with E-state index in [1.807, 2.05) is 24.3 Å². The van der Waals surface area contributed by atoms with E-state index in [1.54, 1.807) is 25.1 Å². The first-order valence-corrected chi connectivity index (χ1v) is 13.3. The molecule has 3 aliphatic rings. The quantitative estimate of drug-likeness (QED) is 0.297. The Hall–Kier alpha value is -3.73. The number of rotatable bonds is 6. The van der Waals surface area contributed by atoms with Crippen LogP contribution < -0.4 is 11.5 Å². The molecule has 2 aromatic rings. The van der Waals surface area contributed by atoms with Gasteiger partial charge in [0.15, 0.2) is 0 Å². The second-order valence-electron chi connectivity index (χ2n) is 11.2. The number of carbonyl (C=O) groups is 2. The molecule has 1 fully saturated rings. The predicted molar refractivity (Wildman–Crippen MR) is 153 cm³/mol. The van der Waals surface area contributed by atoms with E-state index in [2.05, 4.69) is 0 Å². The van der Waals surface area contributed by atoms with Crippen LogP contribution in [0.4, 0.5) is 0 Å². The Morgan fingerprint density at radius 2 is 1.90 bits per heavy atom. The predicted octanol–water partition coefficient (Wildman–Crippen LogP) is 1.29. The van der Waals surface area contributed by atoms with Crippen molar-refractivity contribution in [3.63, 3.8) is 0 Å². The average Bonchev–Trinajstić information content (AvgIpc) is 2.86. The number of Topliss-reactive ketones (excluding diaryl/α,β-unsaturated/α-hetero) is 1. The molecule has 4 atom stereocenters. The summed E-state index contributed by atoms with van der Waals surface area (Å²) in [5.74, 6) is -4.20. The number of hydrogen-bond donors (Lipinski definition) is 6. The monoisotopic (exact) mass is 542 g/mol. The standard InChI is InChI=1S/C30H33BN3O6/c1-34(2)28-27(39)22(29(32)40)24(31)23-26(38)20-16(13-30(23,28)33)12-18-17(8-9-19(36)21(18)25(20)37)15-7-3-5-14(11-15)6-4-10-35/h3,5,7-9,11,16,23,28,35-37,39H,4,6,10,12-13,33H2,1-2H3,(H2,32,40)/t16-,23?,28+,30-/m0/s1. The number of aryl methyl sites for hydroxylation is 1. The van der Waals surface area contributed by atoms with Crippen molar-refractivity contribution in [1.82, 2.24) is 4.90 Å². The summed E-state index contributed by atoms with van der Waals surface area (Å²) >= 11 is 0. The SMILES string of the molecule is [B]=C1C(C(N)=O)=C(O)[C@@H](N(C)C)[C@]2(N)C[C@@H]3Cc4c(-c5cccc(CCCO)c5)ccc(O)c4C(O)=C3C(=O)C12. The Balaban J connectivity index is 1.67. The molecule has 2 aromatic carbocycles. The van der Waals surface area contributed by atoms with Gasteiger partial charge in [0.2, 0.25) is 0 Å². The van der Waals surface area contributed by atoms with Crippen LogP contribution in [0.25, 0.3) is 16.9 Å². The summed E-state index contributed by atoms with van der Waals surface area (Å²) in [7, 11) is 9.67. The molecule has 0 aliphatic heterocycles. The third-order valence-electron chi connectivity index (χ3n) is 8.55. The van der Waals surface area contributed by atoms with Gasteiger partial charge in [0.1, 0.15) is 0 Å². The topological polar surface area (TPSA) is 170 Å². The molecule has 1 unspecified atom stereocenters. The van der Waals surface area contributed by atoms with Crippen LogP contribution in [-0.4, -0.2) is 82.3 Å². The fourth-order valence-electron chi connectivity index (χ4n) is 7.05. The number of nitrogens with zero attached hydrogens (tertiary/aromatic N) is 1. The molecule has 8 N–H and O–H groups in total. The van der Waals surface area contributed by atoms with Gasteiger partial charge in [-0.1, -0.05) is 0 Å². The van der Waals surface area contributed by atoms with E-state index in [9.17, 15) is 30.0 Å². The van der Waals surface area contributed by atoms with Crippen molar-refractivity contribution in [3.05, 3.63) is 70.0 Å². The maximum absolute atomic E-state index is 14.1. The van der Waals surface area contributed by atoms with Crippen LogP contribution in [0.1, 0.15) is 29.5 Å². The zero-order valence-electron chi connectivity index (χ0n) is 22.5. The molecule has 0 spiro atoms. The van der Waals surface area contributed by atoms with Gasteiger partial charge < -0.3 is 5.11 Å². The number of ketones is 1. The van der Waals surface area contributed by atoms with Gasteiger partial charge >= 0.3 is 215 Å². The summed E-state index contributed by atoms with van der Waals surface area (Å²) in [6.07, 6.45) is 1.78. The third-order valence-corrected chi connectivity index (χ3v) is 8.55. The van der Waals surface area contributed by atoms with Crippen molar-refractivity contribution in [1.29, 1.82) is 0 Å². The van der Waals surface area contributed by atoms with Crippen molar-refractivity contribution in [2.24, 2.45) is 23.3 Å². The number of hydrogen-bond acceptors (Lipinski definition) is 8. The number of likely N-dealkylation sites (N-methyl/N-ethyl adjacent to an activating group) is 1. The van der Waals surface area contributed by atoms with Crippen LogP contribution in [0, 0.1) is 11.8 Å². The van der Waals surface area contributed by atoms with Gasteiger partial charge in [0, 0.05) is 6.61 Å². The molecule has 3 aliphatic carbocycles. The van der Waals surface area contributed by atoms with Gasteiger partial charge in [-0.25, -0.2) is 0 Å². The third kappa shape index (κ3) is 4.09. The van der Waals surface area contributed by atoms with E-state index >= 15 is 0 Å². The van der Waals surface area contributed by atoms with Gasteiger partial charge in [-0.15, -0.1) is 0 Å². The molecule has 0 aromatic heterocycles. The summed E-state index contributed by atoms with van der Waals surface area (Å²) in [5, 5.41) is 42.7. The van der Waals surface area contributed by atoms with E-state index in [4.69, 9.17) is 19.0 Å². The van der Waals surface area contributed by atoms with Gasteiger partial charge in [0.05, 0.1) is 0 Å². The number of phenols is 1. The van der Waals surface area contributed by atoms with Crippen LogP contribution in [0.3, 0.4) is 0 Å². The summed E-state index contributed by atoms with van der Waals surface area (Å²) < 4.78 is 0. The van der Waals surface area contributed by atoms with Crippen LogP contribution in [-0.2, 0) is 22.4 Å². The number of phenolic OH excluding ortho intramolecular Hbond substituents is 1. The van der Waals surface area contributed by atoms with E-state index in [0.717, 1.165) is 16.7 Å². The van der Waals surface area contributed by atoms with Crippen molar-refractivity contribution in [3.8, 4) is 16.9 Å². The summed E-state index contributed by atoms with van der Waals surface area (Å²) in [4.78, 5) is 28.0. The number of allylic oxidation sites excluding steroid dienone is 1. The summed E-state index contributed by atoms with van der Waals surface area (Å²) in [6, 6.07) is 10.2. The van der Waals surface area contributed by atoms with Crippen molar-refractivity contribution < 1.29 is 30.0 Å². The van der Waals surface area contributed by atoms with Crippen molar-refractivity contribution >= 4 is 30.4 Å². The second kappa shape index (κ2) is 10.0. The fourth-order valence-corrected chi connectivity index (χ4v) is 7.05. The van der Waals surface area contributed by atoms with Gasteiger partial charge in [0.25, 0.3) is 0 Å². The van der Waals surface area contributed by atoms with E-state index in [-0.39, 0.29) is 52.5 Å². The molecule has 1 radical (unpaired) electrons. The number of primary amides is 1. The van der Waals surface area contributed by atoms with Gasteiger partial charge in [-0.3, -0.25) is 0 Å².